The van der Waals surface area contributed by atoms with Crippen molar-refractivity contribution in [3.63, 3.8) is 0 Å². The summed E-state index contributed by atoms with van der Waals surface area (Å²) in [4.78, 5) is 13.0. The summed E-state index contributed by atoms with van der Waals surface area (Å²) < 4.78 is 46.6. The van der Waals surface area contributed by atoms with Gasteiger partial charge in [-0.3, -0.25) is 0 Å². The second-order valence-electron chi connectivity index (χ2n) is 7.01. The number of ether oxygens (including phenoxy) is 1. The Morgan fingerprint density at radius 3 is 2.50 bits per heavy atom. The Hall–Kier alpha value is -1.76. The van der Waals surface area contributed by atoms with Crippen LogP contribution in [-0.4, -0.2) is 41.6 Å². The summed E-state index contributed by atoms with van der Waals surface area (Å²) in [5, 5.41) is 2.80. The first-order valence-electron chi connectivity index (χ1n) is 7.90. The molecule has 1 fully saturated rings. The molecule has 1 aromatic carbocycles. The van der Waals surface area contributed by atoms with Gasteiger partial charge in [0.1, 0.15) is 11.4 Å². The van der Waals surface area contributed by atoms with Crippen LogP contribution in [-0.2, 0) is 11.3 Å². The third kappa shape index (κ3) is 5.12. The predicted octanol–water partition coefficient (Wildman–Crippen LogP) is 3.56. The van der Waals surface area contributed by atoms with Gasteiger partial charge in [0.15, 0.2) is 0 Å². The van der Waals surface area contributed by atoms with Gasteiger partial charge in [0.05, 0.1) is 12.6 Å². The van der Waals surface area contributed by atoms with Gasteiger partial charge in [-0.25, -0.2) is 18.0 Å². The van der Waals surface area contributed by atoms with Crippen molar-refractivity contribution in [3.8, 4) is 0 Å². The molecule has 1 aliphatic rings. The monoisotopic (exact) mass is 344 g/mol. The second-order valence-corrected chi connectivity index (χ2v) is 7.01. The predicted molar refractivity (Wildman–Crippen MR) is 84.4 cm³/mol. The average Bonchev–Trinajstić information content (AvgIpc) is 2.45. The summed E-state index contributed by atoms with van der Waals surface area (Å²) >= 11 is 0. The Morgan fingerprint density at radius 2 is 1.96 bits per heavy atom. The van der Waals surface area contributed by atoms with E-state index in [1.54, 1.807) is 32.9 Å². The van der Waals surface area contributed by atoms with Crippen molar-refractivity contribution in [2.24, 2.45) is 0 Å². The standard InChI is InChI=1S/C17H23F3N2O2/c1-16(2,3)24-15(23)22-9-8-14(17(19,20)11-22)21-10-12-4-6-13(18)7-5-12/h4-7,14,21H,8-11H2,1-3H3/t14-/m0/s1. The van der Waals surface area contributed by atoms with Crippen LogP contribution in [0.3, 0.4) is 0 Å². The fourth-order valence-corrected chi connectivity index (χ4v) is 2.52. The van der Waals surface area contributed by atoms with E-state index in [9.17, 15) is 18.0 Å². The van der Waals surface area contributed by atoms with Crippen LogP contribution in [0.4, 0.5) is 18.0 Å². The normalized spacial score (nSPS) is 20.8. The molecule has 1 saturated heterocycles. The van der Waals surface area contributed by atoms with E-state index in [1.807, 2.05) is 0 Å². The molecule has 0 unspecified atom stereocenters. The van der Waals surface area contributed by atoms with E-state index >= 15 is 0 Å². The lowest BCUT2D eigenvalue weighted by Gasteiger charge is -2.39. The average molecular weight is 344 g/mol. The third-order valence-electron chi connectivity index (χ3n) is 3.72. The molecule has 1 heterocycles. The topological polar surface area (TPSA) is 41.6 Å². The Morgan fingerprint density at radius 1 is 1.33 bits per heavy atom. The fraction of sp³-hybridized carbons (Fsp3) is 0.588. The molecular formula is C17H23F3N2O2. The molecule has 4 nitrogen and oxygen atoms in total. The molecule has 0 bridgehead atoms. The number of nitrogens with zero attached hydrogens (tertiary/aromatic N) is 1. The van der Waals surface area contributed by atoms with Crippen LogP contribution in [0.2, 0.25) is 0 Å². The number of likely N-dealkylation sites (tertiary alicyclic amines) is 1. The molecule has 0 radical (unpaired) electrons. The number of amides is 1. The molecule has 1 aliphatic heterocycles. The van der Waals surface area contributed by atoms with Crippen LogP contribution < -0.4 is 5.32 Å². The van der Waals surface area contributed by atoms with Crippen LogP contribution in [0.25, 0.3) is 0 Å². The molecule has 24 heavy (non-hydrogen) atoms. The maximum atomic E-state index is 14.3. The zero-order valence-electron chi connectivity index (χ0n) is 14.1. The number of nitrogens with one attached hydrogen (secondary N) is 1. The first-order chi connectivity index (χ1) is 11.1. The molecule has 2 rings (SSSR count). The fourth-order valence-electron chi connectivity index (χ4n) is 2.52. The van der Waals surface area contributed by atoms with E-state index in [0.717, 1.165) is 10.5 Å². The van der Waals surface area contributed by atoms with Gasteiger partial charge >= 0.3 is 6.09 Å². The Kier molecular flexibility index (Phi) is 5.42. The van der Waals surface area contributed by atoms with Crippen LogP contribution in [0, 0.1) is 5.82 Å². The maximum absolute atomic E-state index is 14.3. The van der Waals surface area contributed by atoms with Crippen molar-refractivity contribution in [3.05, 3.63) is 35.6 Å². The van der Waals surface area contributed by atoms with Crippen LogP contribution >= 0.6 is 0 Å². The van der Waals surface area contributed by atoms with Gasteiger partial charge in [0.25, 0.3) is 5.92 Å². The largest absolute Gasteiger partial charge is 0.444 e. The van der Waals surface area contributed by atoms with E-state index in [-0.39, 0.29) is 25.3 Å². The van der Waals surface area contributed by atoms with Gasteiger partial charge in [-0.15, -0.1) is 0 Å². The SMILES string of the molecule is CC(C)(C)OC(=O)N1CC[C@H](NCc2ccc(F)cc2)C(F)(F)C1. The minimum atomic E-state index is -3.06. The van der Waals surface area contributed by atoms with E-state index in [0.29, 0.717) is 0 Å². The lowest BCUT2D eigenvalue weighted by Crippen LogP contribution is -2.58. The van der Waals surface area contributed by atoms with Crippen LogP contribution in [0.5, 0.6) is 0 Å². The molecule has 7 heteroatoms. The molecule has 1 amide bonds. The summed E-state index contributed by atoms with van der Waals surface area (Å²) in [7, 11) is 0. The molecule has 0 aliphatic carbocycles. The Labute approximate surface area is 140 Å². The van der Waals surface area contributed by atoms with Crippen molar-refractivity contribution < 1.29 is 22.7 Å². The van der Waals surface area contributed by atoms with Crippen molar-refractivity contribution in [2.75, 3.05) is 13.1 Å². The highest BCUT2D eigenvalue weighted by atomic mass is 19.3. The molecular weight excluding hydrogens is 321 g/mol. The number of carbonyl (C=O) groups is 1. The second kappa shape index (κ2) is 7.01. The lowest BCUT2D eigenvalue weighted by atomic mass is 10.0. The van der Waals surface area contributed by atoms with Crippen LogP contribution in [0.1, 0.15) is 32.8 Å². The zero-order chi connectivity index (χ0) is 18.0. The van der Waals surface area contributed by atoms with Crippen molar-refractivity contribution in [2.45, 2.75) is 51.3 Å². The van der Waals surface area contributed by atoms with Gasteiger partial charge in [-0.05, 0) is 44.9 Å². The molecule has 134 valence electrons. The summed E-state index contributed by atoms with van der Waals surface area (Å²) in [6.07, 6.45) is -0.605. The number of hydrogen-bond acceptors (Lipinski definition) is 3. The van der Waals surface area contributed by atoms with E-state index in [4.69, 9.17) is 4.74 Å². The maximum Gasteiger partial charge on any atom is 0.410 e. The summed E-state index contributed by atoms with van der Waals surface area (Å²) in [5.41, 5.74) is 0.00566. The number of hydrogen-bond donors (Lipinski definition) is 1. The van der Waals surface area contributed by atoms with Gasteiger partial charge in [0.2, 0.25) is 0 Å². The highest BCUT2D eigenvalue weighted by molar-refractivity contribution is 5.68. The zero-order valence-corrected chi connectivity index (χ0v) is 14.1. The highest BCUT2D eigenvalue weighted by Crippen LogP contribution is 2.28. The van der Waals surface area contributed by atoms with Gasteiger partial charge in [0, 0.05) is 13.1 Å². The van der Waals surface area contributed by atoms with Crippen molar-refractivity contribution >= 4 is 6.09 Å². The van der Waals surface area contributed by atoms with Crippen molar-refractivity contribution in [1.82, 2.24) is 10.2 Å². The number of halogens is 3. The molecule has 1 N–H and O–H groups in total. The number of benzene rings is 1. The quantitative estimate of drug-likeness (QED) is 0.912. The highest BCUT2D eigenvalue weighted by Gasteiger charge is 2.46. The molecule has 0 spiro atoms. The third-order valence-corrected chi connectivity index (χ3v) is 3.72. The number of rotatable bonds is 3. The smallest absolute Gasteiger partial charge is 0.410 e. The first-order valence-corrected chi connectivity index (χ1v) is 7.90. The Balaban J connectivity index is 1.91. The summed E-state index contributed by atoms with van der Waals surface area (Å²) in [6.45, 7) is 4.82. The van der Waals surface area contributed by atoms with Gasteiger partial charge in [-0.2, -0.15) is 0 Å². The van der Waals surface area contributed by atoms with Crippen LogP contribution in [0.15, 0.2) is 24.3 Å². The summed E-state index contributed by atoms with van der Waals surface area (Å²) in [6, 6.07) is 4.65. The minimum absolute atomic E-state index is 0.118. The Bertz CT molecular complexity index is 570. The first kappa shape index (κ1) is 18.6. The minimum Gasteiger partial charge on any atom is -0.444 e. The van der Waals surface area contributed by atoms with E-state index in [2.05, 4.69) is 5.32 Å². The number of alkyl halides is 2. The van der Waals surface area contributed by atoms with E-state index in [1.165, 1.54) is 12.1 Å². The van der Waals surface area contributed by atoms with Gasteiger partial charge in [-0.1, -0.05) is 12.1 Å². The number of piperidine rings is 1. The molecule has 1 aromatic rings. The van der Waals surface area contributed by atoms with E-state index < -0.39 is 30.2 Å². The molecule has 0 aromatic heterocycles. The van der Waals surface area contributed by atoms with Crippen molar-refractivity contribution in [1.29, 1.82) is 0 Å². The number of carbonyl (C=O) groups excluding carboxylic acids is 1. The molecule has 0 saturated carbocycles. The molecule has 1 atom stereocenters. The summed E-state index contributed by atoms with van der Waals surface area (Å²) in [5.74, 6) is -3.43. The van der Waals surface area contributed by atoms with Gasteiger partial charge < -0.3 is 15.0 Å². The lowest BCUT2D eigenvalue weighted by molar-refractivity contribution is -0.0918.